The highest BCUT2D eigenvalue weighted by Gasteiger charge is 2.26. The molecule has 32 heavy (non-hydrogen) atoms. The van der Waals surface area contributed by atoms with Gasteiger partial charge in [-0.15, -0.1) is 5.10 Å². The van der Waals surface area contributed by atoms with Crippen molar-refractivity contribution in [2.45, 2.75) is 32.1 Å². The number of hydrogen-bond acceptors (Lipinski definition) is 7. The van der Waals surface area contributed by atoms with Gasteiger partial charge in [-0.05, 0) is 43.7 Å². The summed E-state index contributed by atoms with van der Waals surface area (Å²) in [5.41, 5.74) is 0.378. The van der Waals surface area contributed by atoms with Crippen LogP contribution < -0.4 is 14.8 Å². The first-order chi connectivity index (χ1) is 15.3. The predicted octanol–water partition coefficient (Wildman–Crippen LogP) is 2.02. The normalized spacial score (nSPS) is 16.5. The summed E-state index contributed by atoms with van der Waals surface area (Å²) in [6, 6.07) is 2.26. The largest absolute Gasteiger partial charge is 0.488 e. The Kier molecular flexibility index (Phi) is 6.40. The van der Waals surface area contributed by atoms with Crippen molar-refractivity contribution in [1.29, 1.82) is 0 Å². The summed E-state index contributed by atoms with van der Waals surface area (Å²) in [5, 5.41) is 10.4. The number of urea groups is 1. The Morgan fingerprint density at radius 3 is 2.75 bits per heavy atom. The number of hydrogen-bond donors (Lipinski definition) is 2. The van der Waals surface area contributed by atoms with Gasteiger partial charge in [0.2, 0.25) is 15.9 Å². The van der Waals surface area contributed by atoms with Crippen molar-refractivity contribution < 1.29 is 27.1 Å². The van der Waals surface area contributed by atoms with Gasteiger partial charge in [0.05, 0.1) is 24.2 Å². The monoisotopic (exact) mass is 465 g/mol. The minimum atomic E-state index is -3.68. The van der Waals surface area contributed by atoms with Crippen molar-refractivity contribution in [3.8, 4) is 5.75 Å². The molecule has 0 atom stereocenters. The highest BCUT2D eigenvalue weighted by molar-refractivity contribution is 7.92. The number of amides is 3. The van der Waals surface area contributed by atoms with Gasteiger partial charge >= 0.3 is 6.03 Å². The van der Waals surface area contributed by atoms with E-state index in [-0.39, 0.29) is 35.2 Å². The number of benzene rings is 1. The average molecular weight is 466 g/mol. The molecular formula is C20H24FN5O5S. The summed E-state index contributed by atoms with van der Waals surface area (Å²) in [6.07, 6.45) is 4.90. The Labute approximate surface area is 184 Å². The van der Waals surface area contributed by atoms with Gasteiger partial charge in [0.25, 0.3) is 0 Å². The summed E-state index contributed by atoms with van der Waals surface area (Å²) in [5.74, 6) is -0.637. The van der Waals surface area contributed by atoms with E-state index < -0.39 is 21.9 Å². The molecule has 4 rings (SSSR count). The fourth-order valence-corrected chi connectivity index (χ4v) is 4.62. The molecule has 172 valence electrons. The van der Waals surface area contributed by atoms with Gasteiger partial charge in [-0.2, -0.15) is 5.10 Å². The van der Waals surface area contributed by atoms with Crippen LogP contribution in [0.25, 0.3) is 10.9 Å². The summed E-state index contributed by atoms with van der Waals surface area (Å²) < 4.78 is 47.5. The number of halogens is 1. The van der Waals surface area contributed by atoms with Crippen LogP contribution in [0.2, 0.25) is 0 Å². The number of unbranched alkanes of at least 4 members (excludes halogenated alkanes) is 2. The number of carbonyl (C=O) groups excluding carboxylic acids is 2. The van der Waals surface area contributed by atoms with Crippen molar-refractivity contribution in [3.05, 3.63) is 24.1 Å². The van der Waals surface area contributed by atoms with Crippen molar-refractivity contribution >= 4 is 38.6 Å². The van der Waals surface area contributed by atoms with E-state index in [9.17, 15) is 22.4 Å². The fourth-order valence-electron chi connectivity index (χ4n) is 3.44. The molecule has 2 heterocycles. The summed E-state index contributed by atoms with van der Waals surface area (Å²) >= 11 is 0. The van der Waals surface area contributed by atoms with Gasteiger partial charge in [0.1, 0.15) is 12.1 Å². The number of nitrogens with zero attached hydrogens (tertiary/aromatic N) is 3. The number of ether oxygens (including phenoxy) is 1. The second-order valence-electron chi connectivity index (χ2n) is 8.04. The first-order valence-electron chi connectivity index (χ1n) is 10.5. The van der Waals surface area contributed by atoms with E-state index in [0.717, 1.165) is 12.8 Å². The summed E-state index contributed by atoms with van der Waals surface area (Å²) in [7, 11) is -3.68. The van der Waals surface area contributed by atoms with E-state index in [1.165, 1.54) is 23.2 Å². The smallest absolute Gasteiger partial charge is 0.324 e. The van der Waals surface area contributed by atoms with Gasteiger partial charge in [0, 0.05) is 11.9 Å². The van der Waals surface area contributed by atoms with Crippen LogP contribution >= 0.6 is 0 Å². The van der Waals surface area contributed by atoms with Crippen LogP contribution in [-0.4, -0.2) is 60.9 Å². The number of sulfonamides is 1. The van der Waals surface area contributed by atoms with Crippen molar-refractivity contribution in [1.82, 2.24) is 20.4 Å². The van der Waals surface area contributed by atoms with Gasteiger partial charge < -0.3 is 9.64 Å². The quantitative estimate of drug-likeness (QED) is 0.383. The van der Waals surface area contributed by atoms with Crippen LogP contribution in [0.5, 0.6) is 5.75 Å². The average Bonchev–Trinajstić information content (AvgIpc) is 3.50. The Morgan fingerprint density at radius 1 is 1.22 bits per heavy atom. The SMILES string of the molecule is O=C1CN(CCCCCS(=O)(=O)Nc2cnnc3c(OCC4CC4)c(F)ccc23)C(=O)N1. The first-order valence-corrected chi connectivity index (χ1v) is 12.1. The fraction of sp³-hybridized carbons (Fsp3) is 0.500. The van der Waals surface area contributed by atoms with Crippen molar-refractivity contribution in [2.75, 3.05) is 30.2 Å². The van der Waals surface area contributed by atoms with Crippen molar-refractivity contribution in [3.63, 3.8) is 0 Å². The van der Waals surface area contributed by atoms with E-state index in [1.807, 2.05) is 0 Å². The van der Waals surface area contributed by atoms with E-state index >= 15 is 0 Å². The number of nitrogens with one attached hydrogen (secondary N) is 2. The molecule has 0 unspecified atom stereocenters. The molecule has 2 N–H and O–H groups in total. The van der Waals surface area contributed by atoms with E-state index in [0.29, 0.717) is 43.7 Å². The lowest BCUT2D eigenvalue weighted by atomic mass is 10.2. The number of anilines is 1. The molecule has 2 fully saturated rings. The molecule has 1 aliphatic carbocycles. The van der Waals surface area contributed by atoms with Crippen molar-refractivity contribution in [2.24, 2.45) is 5.92 Å². The van der Waals surface area contributed by atoms with E-state index in [2.05, 4.69) is 20.2 Å². The Balaban J connectivity index is 1.35. The predicted molar refractivity (Wildman–Crippen MR) is 114 cm³/mol. The number of carbonyl (C=O) groups is 2. The number of imide groups is 1. The molecule has 0 radical (unpaired) electrons. The third-order valence-corrected chi connectivity index (χ3v) is 6.71. The molecule has 2 aromatic rings. The molecule has 3 amide bonds. The van der Waals surface area contributed by atoms with Gasteiger partial charge in [0.15, 0.2) is 11.6 Å². The van der Waals surface area contributed by atoms with Crippen LogP contribution in [-0.2, 0) is 14.8 Å². The molecule has 0 spiro atoms. The van der Waals surface area contributed by atoms with Gasteiger partial charge in [-0.1, -0.05) is 6.42 Å². The lowest BCUT2D eigenvalue weighted by molar-refractivity contribution is -0.118. The number of fused-ring (bicyclic) bond motifs is 1. The zero-order valence-electron chi connectivity index (χ0n) is 17.3. The van der Waals surface area contributed by atoms with E-state index in [4.69, 9.17) is 4.74 Å². The minimum Gasteiger partial charge on any atom is -0.488 e. The topological polar surface area (TPSA) is 131 Å². The first kappa shape index (κ1) is 22.2. The van der Waals surface area contributed by atoms with Crippen LogP contribution in [0, 0.1) is 11.7 Å². The number of aromatic nitrogens is 2. The molecule has 10 nitrogen and oxygen atoms in total. The van der Waals surface area contributed by atoms with Crippen LogP contribution in [0.3, 0.4) is 0 Å². The molecule has 1 saturated carbocycles. The Hall–Kier alpha value is -3.02. The molecule has 1 saturated heterocycles. The van der Waals surface area contributed by atoms with Crippen LogP contribution in [0.1, 0.15) is 32.1 Å². The molecule has 1 aromatic heterocycles. The molecule has 0 bridgehead atoms. The molecule has 12 heteroatoms. The highest BCUT2D eigenvalue weighted by atomic mass is 32.2. The summed E-state index contributed by atoms with van der Waals surface area (Å²) in [6.45, 7) is 0.813. The van der Waals surface area contributed by atoms with Gasteiger partial charge in [-0.25, -0.2) is 17.6 Å². The summed E-state index contributed by atoms with van der Waals surface area (Å²) in [4.78, 5) is 24.0. The third-order valence-electron chi connectivity index (χ3n) is 5.35. The lowest BCUT2D eigenvalue weighted by Gasteiger charge is -2.14. The second kappa shape index (κ2) is 9.23. The zero-order valence-corrected chi connectivity index (χ0v) is 18.2. The Morgan fingerprint density at radius 2 is 2.03 bits per heavy atom. The number of rotatable bonds is 11. The van der Waals surface area contributed by atoms with Gasteiger partial charge in [-0.3, -0.25) is 14.8 Å². The van der Waals surface area contributed by atoms with Crippen LogP contribution in [0.15, 0.2) is 18.3 Å². The maximum atomic E-state index is 14.3. The Bertz CT molecular complexity index is 1140. The third kappa shape index (κ3) is 5.42. The molecule has 1 aliphatic heterocycles. The minimum absolute atomic E-state index is 0.0209. The lowest BCUT2D eigenvalue weighted by Crippen LogP contribution is -2.29. The molecule has 1 aromatic carbocycles. The van der Waals surface area contributed by atoms with E-state index in [1.54, 1.807) is 0 Å². The maximum absolute atomic E-state index is 14.3. The van der Waals surface area contributed by atoms with Crippen LogP contribution in [0.4, 0.5) is 14.9 Å². The molecular weight excluding hydrogens is 441 g/mol. The second-order valence-corrected chi connectivity index (χ2v) is 9.88. The highest BCUT2D eigenvalue weighted by Crippen LogP contribution is 2.34. The maximum Gasteiger partial charge on any atom is 0.324 e. The molecule has 2 aliphatic rings. The zero-order chi connectivity index (χ0) is 22.7. The standard InChI is InChI=1S/C20H24FN5O5S/c21-15-7-6-14-16(10-22-24-18(14)19(15)31-12-13-4-5-13)25-32(29,30)9-3-1-2-8-26-11-17(27)23-20(26)28/h6-7,10,13H,1-5,8-9,11-12H2,(H,24,25)(H,23,27,28).